The van der Waals surface area contributed by atoms with Crippen LogP contribution < -0.4 is 5.73 Å². The van der Waals surface area contributed by atoms with Crippen molar-refractivity contribution in [2.75, 3.05) is 0 Å². The summed E-state index contributed by atoms with van der Waals surface area (Å²) in [4.78, 5) is 10.5. The first-order valence-corrected chi connectivity index (χ1v) is 16.5. The molecule has 8 aromatic carbocycles. The van der Waals surface area contributed by atoms with Crippen LogP contribution in [0.5, 0.6) is 0 Å². The zero-order chi connectivity index (χ0) is 32.7. The van der Waals surface area contributed by atoms with E-state index < -0.39 is 0 Å². The van der Waals surface area contributed by atoms with Crippen molar-refractivity contribution in [2.45, 2.75) is 6.54 Å². The highest BCUT2D eigenvalue weighted by Crippen LogP contribution is 2.37. The average Bonchev–Trinajstić information content (AvgIpc) is 3.55. The van der Waals surface area contributed by atoms with Crippen LogP contribution in [0.15, 0.2) is 178 Å². The lowest BCUT2D eigenvalue weighted by molar-refractivity contribution is 0.669. The minimum absolute atomic E-state index is 0.381. The number of rotatable bonds is 5. The van der Waals surface area contributed by atoms with Gasteiger partial charge in [0.15, 0.2) is 5.84 Å². The predicted molar refractivity (Wildman–Crippen MR) is 206 cm³/mol. The lowest BCUT2D eigenvalue weighted by Crippen LogP contribution is -2.18. The van der Waals surface area contributed by atoms with Gasteiger partial charge in [-0.3, -0.25) is 4.99 Å². The Hall–Kier alpha value is -6.52. The second-order valence-electron chi connectivity index (χ2n) is 12.3. The Balaban J connectivity index is 1.27. The maximum atomic E-state index is 7.16. The second kappa shape index (κ2) is 11.9. The molecule has 0 saturated carbocycles. The van der Waals surface area contributed by atoms with E-state index >= 15 is 0 Å². The lowest BCUT2D eigenvalue weighted by atomic mass is 9.94. The van der Waals surface area contributed by atoms with E-state index in [9.17, 15) is 0 Å². The monoisotopic (exact) mass is 629 g/mol. The quantitative estimate of drug-likeness (QED) is 0.117. The summed E-state index contributed by atoms with van der Waals surface area (Å²) in [6.45, 7) is 0.439. The molecule has 0 aliphatic carbocycles. The van der Waals surface area contributed by atoms with Crippen LogP contribution in [0, 0.1) is 0 Å². The molecule has 0 aliphatic heterocycles. The largest absolute Gasteiger partial charge is 0.456 e. The molecule has 0 fully saturated rings. The molecule has 0 unspecified atom stereocenters. The van der Waals surface area contributed by atoms with E-state index in [-0.39, 0.29) is 0 Å². The third-order valence-electron chi connectivity index (χ3n) is 9.37. The summed E-state index contributed by atoms with van der Waals surface area (Å²) in [6.07, 6.45) is 0. The first-order chi connectivity index (χ1) is 24.2. The van der Waals surface area contributed by atoms with Gasteiger partial charge in [0.1, 0.15) is 17.0 Å². The number of amidine groups is 2. The molecule has 9 aromatic rings. The SMILES string of the molecule is NC(=NC(=NCc1cc2ccccc2c2ccccc12)c1ccc2ccccc2c1)c1c(-c2ccccc2)ccc2oc3ccccc3c12. The molecule has 1 aromatic heterocycles. The topological polar surface area (TPSA) is 63.9 Å². The number of benzene rings is 8. The normalized spacial score (nSPS) is 12.5. The van der Waals surface area contributed by atoms with Crippen molar-refractivity contribution < 1.29 is 4.42 Å². The number of fused-ring (bicyclic) bond motifs is 7. The fraction of sp³-hybridized carbons (Fsp3) is 0.0222. The Labute approximate surface area is 283 Å². The highest BCUT2D eigenvalue weighted by molar-refractivity contribution is 6.23. The van der Waals surface area contributed by atoms with E-state index in [4.69, 9.17) is 20.1 Å². The summed E-state index contributed by atoms with van der Waals surface area (Å²) in [7, 11) is 0. The Bertz CT molecular complexity index is 2760. The Morgan fingerprint density at radius 3 is 2.04 bits per heavy atom. The van der Waals surface area contributed by atoms with E-state index in [0.717, 1.165) is 60.5 Å². The van der Waals surface area contributed by atoms with E-state index in [1.165, 1.54) is 21.5 Å². The van der Waals surface area contributed by atoms with Gasteiger partial charge in [-0.05, 0) is 79.3 Å². The standard InChI is InChI=1S/C45H31N3O/c46-44(43-37(30-13-2-1-3-14-30)24-25-41-42(43)39-20-10-11-21-40(39)49-41)48-45(33-23-22-29-12-4-5-15-31(29)26-33)47-28-34-27-32-16-6-7-17-35(32)38-19-9-8-18-36(34)38/h1-27H,28H2,(H2,46,47,48). The molecule has 9 rings (SSSR count). The van der Waals surface area contributed by atoms with E-state index in [2.05, 4.69) is 121 Å². The molecule has 0 aliphatic rings. The minimum atomic E-state index is 0.381. The van der Waals surface area contributed by atoms with E-state index in [0.29, 0.717) is 18.2 Å². The van der Waals surface area contributed by atoms with Crippen molar-refractivity contribution in [2.24, 2.45) is 15.7 Å². The molecule has 0 saturated heterocycles. The number of para-hydroxylation sites is 1. The summed E-state index contributed by atoms with van der Waals surface area (Å²) >= 11 is 0. The molecule has 0 spiro atoms. The molecule has 4 heteroatoms. The van der Waals surface area contributed by atoms with Crippen LogP contribution in [0.3, 0.4) is 0 Å². The molecule has 2 N–H and O–H groups in total. The van der Waals surface area contributed by atoms with Gasteiger partial charge in [0, 0.05) is 21.9 Å². The van der Waals surface area contributed by atoms with Gasteiger partial charge in [0.05, 0.1) is 6.54 Å². The van der Waals surface area contributed by atoms with Crippen LogP contribution in [0.25, 0.3) is 65.4 Å². The Kier molecular flexibility index (Phi) is 6.98. The van der Waals surface area contributed by atoms with Crippen LogP contribution in [-0.4, -0.2) is 11.7 Å². The molecule has 4 nitrogen and oxygen atoms in total. The van der Waals surface area contributed by atoms with Crippen LogP contribution in [0.1, 0.15) is 16.7 Å². The minimum Gasteiger partial charge on any atom is -0.456 e. The maximum absolute atomic E-state index is 7.16. The number of hydrogen-bond donors (Lipinski definition) is 1. The van der Waals surface area contributed by atoms with Crippen LogP contribution >= 0.6 is 0 Å². The first-order valence-electron chi connectivity index (χ1n) is 16.5. The molecule has 0 radical (unpaired) electrons. The summed E-state index contributed by atoms with van der Waals surface area (Å²) in [5, 5.41) is 9.03. The summed E-state index contributed by atoms with van der Waals surface area (Å²) in [5.41, 5.74) is 13.6. The van der Waals surface area contributed by atoms with Crippen molar-refractivity contribution in [1.29, 1.82) is 0 Å². The second-order valence-corrected chi connectivity index (χ2v) is 12.3. The third kappa shape index (κ3) is 5.11. The number of nitrogens with two attached hydrogens (primary N) is 1. The Morgan fingerprint density at radius 1 is 0.531 bits per heavy atom. The number of nitrogens with zero attached hydrogens (tertiary/aromatic N) is 2. The molecule has 0 bridgehead atoms. The van der Waals surface area contributed by atoms with Gasteiger partial charge >= 0.3 is 0 Å². The van der Waals surface area contributed by atoms with E-state index in [1.807, 2.05) is 42.5 Å². The zero-order valence-corrected chi connectivity index (χ0v) is 26.7. The van der Waals surface area contributed by atoms with Crippen molar-refractivity contribution in [1.82, 2.24) is 0 Å². The van der Waals surface area contributed by atoms with Gasteiger partial charge in [0.25, 0.3) is 0 Å². The molecular weight excluding hydrogens is 599 g/mol. The van der Waals surface area contributed by atoms with Gasteiger partial charge in [0.2, 0.25) is 0 Å². The molecule has 1 heterocycles. The zero-order valence-electron chi connectivity index (χ0n) is 26.7. The first kappa shape index (κ1) is 28.7. The van der Waals surface area contributed by atoms with Gasteiger partial charge in [-0.25, -0.2) is 4.99 Å². The fourth-order valence-electron chi connectivity index (χ4n) is 7.05. The van der Waals surface area contributed by atoms with E-state index in [1.54, 1.807) is 0 Å². The van der Waals surface area contributed by atoms with Crippen LogP contribution in [0.2, 0.25) is 0 Å². The van der Waals surface area contributed by atoms with Crippen molar-refractivity contribution >= 4 is 65.9 Å². The van der Waals surface area contributed by atoms with Crippen LogP contribution in [0.4, 0.5) is 0 Å². The van der Waals surface area contributed by atoms with Crippen LogP contribution in [-0.2, 0) is 6.54 Å². The Morgan fingerprint density at radius 2 is 1.20 bits per heavy atom. The summed E-state index contributed by atoms with van der Waals surface area (Å²) in [6, 6.07) is 56.5. The molecular formula is C45H31N3O. The van der Waals surface area contributed by atoms with Gasteiger partial charge in [-0.15, -0.1) is 0 Å². The van der Waals surface area contributed by atoms with Crippen molar-refractivity contribution in [3.8, 4) is 11.1 Å². The van der Waals surface area contributed by atoms with Crippen molar-refractivity contribution in [3.05, 3.63) is 180 Å². The van der Waals surface area contributed by atoms with Gasteiger partial charge in [-0.1, -0.05) is 133 Å². The number of furan rings is 1. The predicted octanol–water partition coefficient (Wildman–Crippen LogP) is 11.1. The van der Waals surface area contributed by atoms with Gasteiger partial charge < -0.3 is 10.2 Å². The highest BCUT2D eigenvalue weighted by atomic mass is 16.3. The van der Waals surface area contributed by atoms with Crippen molar-refractivity contribution in [3.63, 3.8) is 0 Å². The maximum Gasteiger partial charge on any atom is 0.157 e. The molecule has 0 atom stereocenters. The smallest absolute Gasteiger partial charge is 0.157 e. The van der Waals surface area contributed by atoms with Gasteiger partial charge in [-0.2, -0.15) is 0 Å². The summed E-state index contributed by atoms with van der Waals surface area (Å²) < 4.78 is 6.31. The fourth-order valence-corrected chi connectivity index (χ4v) is 7.05. The summed E-state index contributed by atoms with van der Waals surface area (Å²) in [5.74, 6) is 0.954. The highest BCUT2D eigenvalue weighted by Gasteiger charge is 2.20. The lowest BCUT2D eigenvalue weighted by Gasteiger charge is -2.13. The third-order valence-corrected chi connectivity index (χ3v) is 9.37. The molecule has 49 heavy (non-hydrogen) atoms. The average molecular weight is 630 g/mol. The molecule has 232 valence electrons. The molecule has 0 amide bonds. The number of aliphatic imine (C=N–C) groups is 2. The number of hydrogen-bond acceptors (Lipinski definition) is 2.